The van der Waals surface area contributed by atoms with Crippen LogP contribution in [0.1, 0.15) is 52.9 Å². The van der Waals surface area contributed by atoms with Crippen LogP contribution in [0.3, 0.4) is 0 Å². The molecule has 0 spiro atoms. The van der Waals surface area contributed by atoms with Crippen molar-refractivity contribution in [1.82, 2.24) is 10.2 Å². The molecule has 0 aromatic carbocycles. The van der Waals surface area contributed by atoms with Crippen LogP contribution in [-0.2, 0) is 4.79 Å². The summed E-state index contributed by atoms with van der Waals surface area (Å²) in [6, 6.07) is 0. The zero-order valence-electron chi connectivity index (χ0n) is 12.5. The molecule has 1 unspecified atom stereocenters. The fraction of sp³-hybridized carbons (Fsp3) is 0.929. The number of hydrogen-bond donors (Lipinski definition) is 2. The first-order chi connectivity index (χ1) is 8.56. The molecule has 0 bridgehead atoms. The summed E-state index contributed by atoms with van der Waals surface area (Å²) in [6.07, 6.45) is 4.56. The van der Waals surface area contributed by atoms with Gasteiger partial charge in [-0.3, -0.25) is 4.79 Å². The number of rotatable bonds is 11. The van der Waals surface area contributed by atoms with E-state index in [0.29, 0.717) is 12.8 Å². The Bertz CT molecular complexity index is 222. The van der Waals surface area contributed by atoms with Gasteiger partial charge in [0.2, 0.25) is 0 Å². The SMILES string of the molecule is CCCN(CCC)CCCC(CC)(NC)C(=O)O. The number of carbonyl (C=O) groups is 1. The Morgan fingerprint density at radius 1 is 1.17 bits per heavy atom. The second-order valence-corrected chi connectivity index (χ2v) is 4.94. The highest BCUT2D eigenvalue weighted by Crippen LogP contribution is 2.18. The van der Waals surface area contributed by atoms with E-state index in [-0.39, 0.29) is 0 Å². The molecule has 0 saturated carbocycles. The summed E-state index contributed by atoms with van der Waals surface area (Å²) < 4.78 is 0. The Hall–Kier alpha value is -0.610. The number of nitrogens with one attached hydrogen (secondary N) is 1. The van der Waals surface area contributed by atoms with Crippen molar-refractivity contribution in [3.05, 3.63) is 0 Å². The molecule has 2 N–H and O–H groups in total. The summed E-state index contributed by atoms with van der Waals surface area (Å²) in [7, 11) is 1.74. The van der Waals surface area contributed by atoms with Crippen LogP contribution in [0, 0.1) is 0 Å². The summed E-state index contributed by atoms with van der Waals surface area (Å²) in [5.41, 5.74) is -0.746. The van der Waals surface area contributed by atoms with Gasteiger partial charge in [-0.1, -0.05) is 20.8 Å². The maximum Gasteiger partial charge on any atom is 0.323 e. The van der Waals surface area contributed by atoms with E-state index in [9.17, 15) is 9.90 Å². The first kappa shape index (κ1) is 17.4. The van der Waals surface area contributed by atoms with Gasteiger partial charge in [-0.2, -0.15) is 0 Å². The van der Waals surface area contributed by atoms with Crippen molar-refractivity contribution in [3.8, 4) is 0 Å². The average molecular weight is 258 g/mol. The molecular formula is C14H30N2O2. The number of likely N-dealkylation sites (N-methyl/N-ethyl adjacent to an activating group) is 1. The molecule has 4 nitrogen and oxygen atoms in total. The molecule has 0 saturated heterocycles. The molecule has 108 valence electrons. The van der Waals surface area contributed by atoms with Gasteiger partial charge in [0.1, 0.15) is 5.54 Å². The molecule has 0 aliphatic heterocycles. The van der Waals surface area contributed by atoms with E-state index >= 15 is 0 Å². The van der Waals surface area contributed by atoms with Crippen molar-refractivity contribution >= 4 is 5.97 Å². The van der Waals surface area contributed by atoms with Crippen LogP contribution in [-0.4, -0.2) is 48.2 Å². The molecule has 0 amide bonds. The van der Waals surface area contributed by atoms with Gasteiger partial charge in [0.25, 0.3) is 0 Å². The minimum absolute atomic E-state index is 0.625. The van der Waals surface area contributed by atoms with Crippen molar-refractivity contribution in [2.45, 2.75) is 58.4 Å². The van der Waals surface area contributed by atoms with Gasteiger partial charge >= 0.3 is 5.97 Å². The van der Waals surface area contributed by atoms with Crippen molar-refractivity contribution in [2.75, 3.05) is 26.7 Å². The van der Waals surface area contributed by atoms with Crippen LogP contribution in [0.4, 0.5) is 0 Å². The normalized spacial score (nSPS) is 14.7. The summed E-state index contributed by atoms with van der Waals surface area (Å²) in [5.74, 6) is -0.731. The zero-order valence-corrected chi connectivity index (χ0v) is 12.5. The molecular weight excluding hydrogens is 228 g/mol. The monoisotopic (exact) mass is 258 g/mol. The molecule has 0 aromatic rings. The Labute approximate surface area is 112 Å². The van der Waals surface area contributed by atoms with E-state index in [0.717, 1.165) is 38.9 Å². The predicted molar refractivity (Wildman–Crippen MR) is 76.0 cm³/mol. The third-order valence-electron chi connectivity index (χ3n) is 3.65. The molecule has 4 heteroatoms. The fourth-order valence-corrected chi connectivity index (χ4v) is 2.42. The van der Waals surface area contributed by atoms with Gasteiger partial charge in [-0.05, 0) is 58.8 Å². The summed E-state index contributed by atoms with van der Waals surface area (Å²) in [4.78, 5) is 13.8. The number of carboxylic acid groups (broad SMARTS) is 1. The fourth-order valence-electron chi connectivity index (χ4n) is 2.42. The third kappa shape index (κ3) is 5.36. The van der Waals surface area contributed by atoms with Gasteiger partial charge in [-0.15, -0.1) is 0 Å². The maximum atomic E-state index is 11.3. The number of hydrogen-bond acceptors (Lipinski definition) is 3. The first-order valence-corrected chi connectivity index (χ1v) is 7.20. The Balaban J connectivity index is 4.22. The van der Waals surface area contributed by atoms with E-state index in [1.54, 1.807) is 7.05 Å². The van der Waals surface area contributed by atoms with E-state index in [4.69, 9.17) is 0 Å². The van der Waals surface area contributed by atoms with Crippen molar-refractivity contribution in [3.63, 3.8) is 0 Å². The zero-order chi connectivity index (χ0) is 14.0. The van der Waals surface area contributed by atoms with Crippen LogP contribution in [0.25, 0.3) is 0 Å². The summed E-state index contributed by atoms with van der Waals surface area (Å²) >= 11 is 0. The van der Waals surface area contributed by atoms with E-state index in [1.165, 1.54) is 0 Å². The molecule has 0 aromatic heterocycles. The second-order valence-electron chi connectivity index (χ2n) is 4.94. The van der Waals surface area contributed by atoms with Crippen molar-refractivity contribution < 1.29 is 9.90 Å². The van der Waals surface area contributed by atoms with Gasteiger partial charge in [0.05, 0.1) is 0 Å². The first-order valence-electron chi connectivity index (χ1n) is 7.20. The number of aliphatic carboxylic acids is 1. The van der Waals surface area contributed by atoms with Crippen LogP contribution < -0.4 is 5.32 Å². The minimum atomic E-state index is -0.746. The highest BCUT2D eigenvalue weighted by Gasteiger charge is 2.34. The number of carboxylic acids is 1. The lowest BCUT2D eigenvalue weighted by Crippen LogP contribution is -2.50. The molecule has 0 heterocycles. The van der Waals surface area contributed by atoms with E-state index < -0.39 is 11.5 Å². The lowest BCUT2D eigenvalue weighted by Gasteiger charge is -2.29. The standard InChI is InChI=1S/C14H30N2O2/c1-5-10-16(11-6-2)12-8-9-14(7-3,15-4)13(17)18/h15H,5-12H2,1-4H3,(H,17,18). The lowest BCUT2D eigenvalue weighted by atomic mass is 9.90. The lowest BCUT2D eigenvalue weighted by molar-refractivity contribution is -0.145. The molecule has 0 aliphatic carbocycles. The molecule has 1 atom stereocenters. The van der Waals surface area contributed by atoms with Crippen molar-refractivity contribution in [1.29, 1.82) is 0 Å². The van der Waals surface area contributed by atoms with Crippen LogP contribution in [0.15, 0.2) is 0 Å². The molecule has 0 aliphatic rings. The van der Waals surface area contributed by atoms with E-state index in [1.807, 2.05) is 6.92 Å². The quantitative estimate of drug-likeness (QED) is 0.597. The average Bonchev–Trinajstić information content (AvgIpc) is 2.35. The smallest absolute Gasteiger partial charge is 0.323 e. The van der Waals surface area contributed by atoms with Gasteiger partial charge in [-0.25, -0.2) is 0 Å². The highest BCUT2D eigenvalue weighted by molar-refractivity contribution is 5.78. The summed E-state index contributed by atoms with van der Waals surface area (Å²) in [6.45, 7) is 9.52. The molecule has 18 heavy (non-hydrogen) atoms. The van der Waals surface area contributed by atoms with Crippen molar-refractivity contribution in [2.24, 2.45) is 0 Å². The Morgan fingerprint density at radius 3 is 2.06 bits per heavy atom. The maximum absolute atomic E-state index is 11.3. The summed E-state index contributed by atoms with van der Waals surface area (Å²) in [5, 5.41) is 12.3. The topological polar surface area (TPSA) is 52.6 Å². The molecule has 0 radical (unpaired) electrons. The van der Waals surface area contributed by atoms with Gasteiger partial charge in [0.15, 0.2) is 0 Å². The molecule has 0 rings (SSSR count). The Kier molecular flexibility index (Phi) is 9.02. The van der Waals surface area contributed by atoms with Crippen LogP contribution in [0.2, 0.25) is 0 Å². The molecule has 0 fully saturated rings. The largest absolute Gasteiger partial charge is 0.480 e. The Morgan fingerprint density at radius 2 is 1.72 bits per heavy atom. The van der Waals surface area contributed by atoms with Gasteiger partial charge in [0, 0.05) is 0 Å². The van der Waals surface area contributed by atoms with Gasteiger partial charge < -0.3 is 15.3 Å². The van der Waals surface area contributed by atoms with Crippen LogP contribution >= 0.6 is 0 Å². The predicted octanol–water partition coefficient (Wildman–Crippen LogP) is 2.34. The van der Waals surface area contributed by atoms with Crippen LogP contribution in [0.5, 0.6) is 0 Å². The number of nitrogens with zero attached hydrogens (tertiary/aromatic N) is 1. The minimum Gasteiger partial charge on any atom is -0.480 e. The third-order valence-corrected chi connectivity index (χ3v) is 3.65. The van der Waals surface area contributed by atoms with E-state index in [2.05, 4.69) is 24.1 Å². The highest BCUT2D eigenvalue weighted by atomic mass is 16.4. The second kappa shape index (κ2) is 9.34.